The molecule has 0 fully saturated rings. The number of carboxylic acid groups (broad SMARTS) is 6. The Labute approximate surface area is 206 Å². The summed E-state index contributed by atoms with van der Waals surface area (Å²) in [5.41, 5.74) is 0. The molecule has 0 heterocycles. The van der Waals surface area contributed by atoms with Crippen LogP contribution in [0.3, 0.4) is 0 Å². The van der Waals surface area contributed by atoms with Gasteiger partial charge in [0, 0.05) is 35.8 Å². The van der Waals surface area contributed by atoms with Gasteiger partial charge in [-0.15, -0.1) is 0 Å². The molecule has 0 radical (unpaired) electrons. The van der Waals surface area contributed by atoms with Crippen LogP contribution in [-0.4, -0.2) is 70.5 Å². The Bertz CT molecular complexity index is 428. The molecule has 0 aliphatic rings. The smallest absolute Gasteiger partial charge is 0.550 e. The minimum absolute atomic E-state index is 0. The van der Waals surface area contributed by atoms with Gasteiger partial charge < -0.3 is 59.4 Å². The summed E-state index contributed by atoms with van der Waals surface area (Å²) in [5, 5.41) is 58.6. The van der Waals surface area contributed by atoms with Crippen molar-refractivity contribution in [2.75, 3.05) is 0 Å². The van der Waals surface area contributed by atoms with Gasteiger partial charge in [-0.1, -0.05) is 0 Å². The first kappa shape index (κ1) is 40.3. The number of hydrogen-bond acceptors (Lipinski definition) is 12. The molecule has 0 aliphatic heterocycles. The number of unbranched alkanes of at least 4 members (excludes halogenated alkanes) is 3. The number of carbonyl (C=O) groups is 6. The quantitative estimate of drug-likeness (QED) is 0.155. The molecular formula is C18H24Al2O12. The molecular weight excluding hydrogens is 462 g/mol. The van der Waals surface area contributed by atoms with Crippen LogP contribution >= 0.6 is 0 Å². The number of carbonyl (C=O) groups excluding carboxylic acids is 6. The summed E-state index contributed by atoms with van der Waals surface area (Å²) in [6.45, 7) is 0. The predicted octanol–water partition coefficient (Wildman–Crippen LogP) is -6.62. The maximum atomic E-state index is 9.77. The van der Waals surface area contributed by atoms with Crippen molar-refractivity contribution in [1.29, 1.82) is 0 Å². The Balaban J connectivity index is -0.000000110. The summed E-state index contributed by atoms with van der Waals surface area (Å²) in [4.78, 5) is 58.6. The van der Waals surface area contributed by atoms with E-state index in [4.69, 9.17) is 0 Å². The predicted molar refractivity (Wildman–Crippen MR) is 97.0 cm³/mol. The molecule has 0 unspecified atom stereocenters. The molecule has 32 heavy (non-hydrogen) atoms. The Morgan fingerprint density at radius 1 is 0.312 bits per heavy atom. The summed E-state index contributed by atoms with van der Waals surface area (Å²) in [6.07, 6.45) is 1.60. The molecule has 0 N–H and O–H groups in total. The van der Waals surface area contributed by atoms with Crippen molar-refractivity contribution in [3.8, 4) is 0 Å². The fourth-order valence-electron chi connectivity index (χ4n) is 1.62. The molecule has 0 spiro atoms. The molecule has 0 saturated heterocycles. The van der Waals surface area contributed by atoms with Crippen molar-refractivity contribution in [1.82, 2.24) is 0 Å². The van der Waals surface area contributed by atoms with E-state index in [0.717, 1.165) is 0 Å². The molecule has 174 valence electrons. The molecule has 0 atom stereocenters. The van der Waals surface area contributed by atoms with Gasteiger partial charge >= 0.3 is 34.7 Å². The Morgan fingerprint density at radius 3 is 0.469 bits per heavy atom. The number of aliphatic carboxylic acids is 6. The zero-order chi connectivity index (χ0) is 23.9. The van der Waals surface area contributed by atoms with Crippen molar-refractivity contribution in [3.05, 3.63) is 0 Å². The van der Waals surface area contributed by atoms with Crippen LogP contribution in [0.4, 0.5) is 0 Å². The van der Waals surface area contributed by atoms with Gasteiger partial charge in [0.25, 0.3) is 0 Å². The first-order valence-corrected chi connectivity index (χ1v) is 9.07. The van der Waals surface area contributed by atoms with Crippen molar-refractivity contribution in [2.45, 2.75) is 77.0 Å². The van der Waals surface area contributed by atoms with Crippen LogP contribution in [0.2, 0.25) is 0 Å². The van der Waals surface area contributed by atoms with Crippen LogP contribution < -0.4 is 30.6 Å². The first-order chi connectivity index (χ1) is 13.9. The maximum absolute atomic E-state index is 9.77. The van der Waals surface area contributed by atoms with E-state index in [2.05, 4.69) is 0 Å². The summed E-state index contributed by atoms with van der Waals surface area (Å²) in [7, 11) is 0. The molecule has 0 aromatic carbocycles. The zero-order valence-electron chi connectivity index (χ0n) is 17.5. The van der Waals surface area contributed by atoms with Gasteiger partial charge in [0.05, 0.1) is 0 Å². The van der Waals surface area contributed by atoms with E-state index in [-0.39, 0.29) is 73.2 Å². The van der Waals surface area contributed by atoms with Gasteiger partial charge in [-0.25, -0.2) is 0 Å². The van der Waals surface area contributed by atoms with Crippen molar-refractivity contribution in [2.24, 2.45) is 0 Å². The summed E-state index contributed by atoms with van der Waals surface area (Å²) >= 11 is 0. The fourth-order valence-corrected chi connectivity index (χ4v) is 1.62. The summed E-state index contributed by atoms with van der Waals surface area (Å²) < 4.78 is 0. The van der Waals surface area contributed by atoms with Crippen molar-refractivity contribution >= 4 is 70.5 Å². The number of hydrogen-bond donors (Lipinski definition) is 0. The second-order valence-electron chi connectivity index (χ2n) is 5.85. The van der Waals surface area contributed by atoms with Crippen LogP contribution in [0.1, 0.15) is 77.0 Å². The van der Waals surface area contributed by atoms with Crippen LogP contribution in [0, 0.1) is 0 Å². The Morgan fingerprint density at radius 2 is 0.406 bits per heavy atom. The standard InChI is InChI=1S/3C6H10O4.2Al/c3*7-5(8)3-1-2-4-6(9)10;;/h3*1-4H2,(H,7,8)(H,9,10);;/q;;;2*+3/p-6. The summed E-state index contributed by atoms with van der Waals surface area (Å²) in [6, 6.07) is 0. The molecule has 14 heteroatoms. The van der Waals surface area contributed by atoms with E-state index in [1.807, 2.05) is 0 Å². The molecule has 0 saturated carbocycles. The fraction of sp³-hybridized carbons (Fsp3) is 0.667. The van der Waals surface area contributed by atoms with Crippen LogP contribution in [-0.2, 0) is 28.8 Å². The molecule has 0 aliphatic carbocycles. The second kappa shape index (κ2) is 28.9. The monoisotopic (exact) mass is 486 g/mol. The van der Waals surface area contributed by atoms with Crippen LogP contribution in [0.25, 0.3) is 0 Å². The zero-order valence-corrected chi connectivity index (χ0v) is 19.8. The van der Waals surface area contributed by atoms with E-state index in [9.17, 15) is 59.4 Å². The molecule has 0 aromatic heterocycles. The maximum Gasteiger partial charge on any atom is 3.00 e. The van der Waals surface area contributed by atoms with E-state index >= 15 is 0 Å². The average molecular weight is 486 g/mol. The van der Waals surface area contributed by atoms with Crippen molar-refractivity contribution in [3.63, 3.8) is 0 Å². The van der Waals surface area contributed by atoms with Crippen LogP contribution in [0.15, 0.2) is 0 Å². The van der Waals surface area contributed by atoms with Crippen LogP contribution in [0.5, 0.6) is 0 Å². The third kappa shape index (κ3) is 56.5. The normalized spacial score (nSPS) is 8.62. The van der Waals surface area contributed by atoms with E-state index in [1.165, 1.54) is 0 Å². The second-order valence-corrected chi connectivity index (χ2v) is 5.85. The third-order valence-electron chi connectivity index (χ3n) is 3.04. The first-order valence-electron chi connectivity index (χ1n) is 9.07. The minimum Gasteiger partial charge on any atom is -0.550 e. The van der Waals surface area contributed by atoms with E-state index < -0.39 is 35.8 Å². The van der Waals surface area contributed by atoms with Gasteiger partial charge in [-0.3, -0.25) is 0 Å². The Kier molecular flexibility index (Phi) is 36.3. The minimum atomic E-state index is -1.14. The average Bonchev–Trinajstić information content (AvgIpc) is 2.60. The number of carboxylic acids is 6. The van der Waals surface area contributed by atoms with Gasteiger partial charge in [0.2, 0.25) is 0 Å². The summed E-state index contributed by atoms with van der Waals surface area (Å²) in [5.74, 6) is -6.84. The molecule has 0 amide bonds. The number of rotatable bonds is 15. The Hall–Kier alpha value is -2.12. The molecule has 0 rings (SSSR count). The van der Waals surface area contributed by atoms with Gasteiger partial charge in [-0.05, 0) is 77.0 Å². The van der Waals surface area contributed by atoms with E-state index in [1.54, 1.807) is 0 Å². The van der Waals surface area contributed by atoms with E-state index in [0.29, 0.717) is 38.5 Å². The molecule has 0 bridgehead atoms. The SMILES string of the molecule is O=C([O-])CCCCC(=O)[O-].O=C([O-])CCCCC(=O)[O-].O=C([O-])CCCCC(=O)[O-].[Al+3].[Al+3]. The largest absolute Gasteiger partial charge is 3.00 e. The molecule has 12 nitrogen and oxygen atoms in total. The van der Waals surface area contributed by atoms with Gasteiger partial charge in [0.15, 0.2) is 0 Å². The molecule has 0 aromatic rings. The van der Waals surface area contributed by atoms with Crippen molar-refractivity contribution < 1.29 is 59.4 Å². The third-order valence-corrected chi connectivity index (χ3v) is 3.04. The van der Waals surface area contributed by atoms with Gasteiger partial charge in [-0.2, -0.15) is 0 Å². The van der Waals surface area contributed by atoms with Gasteiger partial charge in [0.1, 0.15) is 0 Å². The topological polar surface area (TPSA) is 241 Å².